The summed E-state index contributed by atoms with van der Waals surface area (Å²) in [4.78, 5) is 12.3. The van der Waals surface area contributed by atoms with Crippen LogP contribution in [0.25, 0.3) is 0 Å². The van der Waals surface area contributed by atoms with E-state index >= 15 is 0 Å². The van der Waals surface area contributed by atoms with E-state index in [1.54, 1.807) is 24.3 Å². The molecule has 2 N–H and O–H groups in total. The Bertz CT molecular complexity index is 667. The van der Waals surface area contributed by atoms with Gasteiger partial charge in [0.05, 0.1) is 20.3 Å². The number of esters is 1. The Balaban J connectivity index is 2.33. The highest BCUT2D eigenvalue weighted by atomic mass is 35.5. The first-order valence-electron chi connectivity index (χ1n) is 6.48. The van der Waals surface area contributed by atoms with E-state index in [1.807, 2.05) is 0 Å². The first-order valence-corrected chi connectivity index (χ1v) is 6.86. The van der Waals surface area contributed by atoms with Gasteiger partial charge in [0.15, 0.2) is 0 Å². The molecule has 116 valence electrons. The van der Waals surface area contributed by atoms with Crippen LogP contribution in [0, 0.1) is 0 Å². The van der Waals surface area contributed by atoms with Crippen molar-refractivity contribution in [2.75, 3.05) is 7.11 Å². The molecular weight excluding hydrogens is 308 g/mol. The van der Waals surface area contributed by atoms with Crippen LogP contribution in [-0.2, 0) is 13.2 Å². The average Bonchev–Trinajstić information content (AvgIpc) is 2.55. The SMILES string of the molecule is COc1cc(CO)c(CO)cc1C(=O)Oc1ccc(Cl)cc1. The highest BCUT2D eigenvalue weighted by molar-refractivity contribution is 6.30. The number of aliphatic hydroxyl groups is 2. The summed E-state index contributed by atoms with van der Waals surface area (Å²) in [6.45, 7) is -0.570. The van der Waals surface area contributed by atoms with Gasteiger partial charge in [0, 0.05) is 5.02 Å². The van der Waals surface area contributed by atoms with Crippen LogP contribution in [0.2, 0.25) is 5.02 Å². The van der Waals surface area contributed by atoms with E-state index in [0.29, 0.717) is 21.9 Å². The van der Waals surface area contributed by atoms with Gasteiger partial charge in [-0.2, -0.15) is 0 Å². The van der Waals surface area contributed by atoms with Crippen molar-refractivity contribution in [2.45, 2.75) is 13.2 Å². The third-order valence-corrected chi connectivity index (χ3v) is 3.36. The molecule has 0 saturated heterocycles. The van der Waals surface area contributed by atoms with Crippen molar-refractivity contribution in [1.82, 2.24) is 0 Å². The summed E-state index contributed by atoms with van der Waals surface area (Å²) in [7, 11) is 1.41. The predicted octanol–water partition coefficient (Wildman–Crippen LogP) is 2.55. The Morgan fingerprint density at radius 2 is 1.68 bits per heavy atom. The lowest BCUT2D eigenvalue weighted by atomic mass is 10.0. The molecule has 0 aliphatic heterocycles. The molecule has 0 bridgehead atoms. The molecule has 22 heavy (non-hydrogen) atoms. The Labute approximate surface area is 132 Å². The number of benzene rings is 2. The van der Waals surface area contributed by atoms with Gasteiger partial charge in [-0.3, -0.25) is 0 Å². The van der Waals surface area contributed by atoms with Gasteiger partial charge in [0.25, 0.3) is 0 Å². The van der Waals surface area contributed by atoms with Crippen molar-refractivity contribution < 1.29 is 24.5 Å². The number of rotatable bonds is 5. The third-order valence-electron chi connectivity index (χ3n) is 3.11. The summed E-state index contributed by atoms with van der Waals surface area (Å²) in [5, 5.41) is 19.1. The van der Waals surface area contributed by atoms with Crippen molar-refractivity contribution in [1.29, 1.82) is 0 Å². The molecule has 5 nitrogen and oxygen atoms in total. The quantitative estimate of drug-likeness (QED) is 0.653. The molecule has 0 aromatic heterocycles. The van der Waals surface area contributed by atoms with Gasteiger partial charge >= 0.3 is 5.97 Å². The fraction of sp³-hybridized carbons (Fsp3) is 0.188. The molecule has 0 spiro atoms. The second kappa shape index (κ2) is 7.26. The number of aliphatic hydroxyl groups excluding tert-OH is 2. The van der Waals surface area contributed by atoms with Crippen LogP contribution >= 0.6 is 11.6 Å². The maximum absolute atomic E-state index is 12.3. The Hall–Kier alpha value is -2.08. The van der Waals surface area contributed by atoms with Gasteiger partial charge in [-0.1, -0.05) is 11.6 Å². The minimum atomic E-state index is -0.627. The van der Waals surface area contributed by atoms with Crippen LogP contribution in [0.4, 0.5) is 0 Å². The lowest BCUT2D eigenvalue weighted by Crippen LogP contribution is -2.12. The zero-order valence-corrected chi connectivity index (χ0v) is 12.6. The summed E-state index contributed by atoms with van der Waals surface area (Å²) >= 11 is 5.77. The summed E-state index contributed by atoms with van der Waals surface area (Å²) in [6.07, 6.45) is 0. The molecule has 2 rings (SSSR count). The standard InChI is InChI=1S/C16H15ClO5/c1-21-15-7-11(9-19)10(8-18)6-14(15)16(20)22-13-4-2-12(17)3-5-13/h2-7,18-19H,8-9H2,1H3. The van der Waals surface area contributed by atoms with Crippen LogP contribution in [0.15, 0.2) is 36.4 Å². The number of carbonyl (C=O) groups is 1. The van der Waals surface area contributed by atoms with Crippen LogP contribution in [0.3, 0.4) is 0 Å². The van der Waals surface area contributed by atoms with E-state index in [2.05, 4.69) is 0 Å². The Morgan fingerprint density at radius 3 is 2.23 bits per heavy atom. The summed E-state index contributed by atoms with van der Waals surface area (Å²) in [6, 6.07) is 9.31. The largest absolute Gasteiger partial charge is 0.496 e. The molecular formula is C16H15ClO5. The van der Waals surface area contributed by atoms with Gasteiger partial charge in [-0.05, 0) is 47.5 Å². The molecule has 0 aliphatic carbocycles. The molecule has 0 unspecified atom stereocenters. The van der Waals surface area contributed by atoms with Crippen molar-refractivity contribution in [3.05, 3.63) is 58.1 Å². The van der Waals surface area contributed by atoms with Crippen molar-refractivity contribution in [3.8, 4) is 11.5 Å². The van der Waals surface area contributed by atoms with Gasteiger partial charge < -0.3 is 19.7 Å². The van der Waals surface area contributed by atoms with E-state index in [1.165, 1.54) is 19.2 Å². The summed E-state index contributed by atoms with van der Waals surface area (Å²) < 4.78 is 10.4. The van der Waals surface area contributed by atoms with Crippen molar-refractivity contribution in [2.24, 2.45) is 0 Å². The van der Waals surface area contributed by atoms with Gasteiger partial charge in [0.1, 0.15) is 17.1 Å². The molecule has 0 heterocycles. The summed E-state index contributed by atoms with van der Waals surface area (Å²) in [5.41, 5.74) is 1.09. The highest BCUT2D eigenvalue weighted by Crippen LogP contribution is 2.26. The third kappa shape index (κ3) is 3.57. The first kappa shape index (κ1) is 16.3. The molecule has 0 atom stereocenters. The van der Waals surface area contributed by atoms with Crippen molar-refractivity contribution in [3.63, 3.8) is 0 Å². The van der Waals surface area contributed by atoms with E-state index in [0.717, 1.165) is 0 Å². The smallest absolute Gasteiger partial charge is 0.347 e. The molecule has 0 radical (unpaired) electrons. The second-order valence-electron chi connectivity index (χ2n) is 4.48. The van der Waals surface area contributed by atoms with Crippen LogP contribution < -0.4 is 9.47 Å². The fourth-order valence-electron chi connectivity index (χ4n) is 1.95. The molecule has 0 saturated carbocycles. The highest BCUT2D eigenvalue weighted by Gasteiger charge is 2.18. The Kier molecular flexibility index (Phi) is 5.38. The first-order chi connectivity index (χ1) is 10.6. The van der Waals surface area contributed by atoms with Gasteiger partial charge in [-0.15, -0.1) is 0 Å². The van der Waals surface area contributed by atoms with Gasteiger partial charge in [0.2, 0.25) is 0 Å². The van der Waals surface area contributed by atoms with E-state index < -0.39 is 5.97 Å². The molecule has 0 fully saturated rings. The molecule has 6 heteroatoms. The van der Waals surface area contributed by atoms with Gasteiger partial charge in [-0.25, -0.2) is 4.79 Å². The van der Waals surface area contributed by atoms with E-state index in [4.69, 9.17) is 21.1 Å². The average molecular weight is 323 g/mol. The van der Waals surface area contributed by atoms with E-state index in [9.17, 15) is 15.0 Å². The predicted molar refractivity (Wildman–Crippen MR) is 81.3 cm³/mol. The number of methoxy groups -OCH3 is 1. The minimum Gasteiger partial charge on any atom is -0.496 e. The maximum Gasteiger partial charge on any atom is 0.347 e. The lowest BCUT2D eigenvalue weighted by molar-refractivity contribution is 0.0731. The van der Waals surface area contributed by atoms with Crippen LogP contribution in [-0.4, -0.2) is 23.3 Å². The number of halogens is 1. The number of hydrogen-bond donors (Lipinski definition) is 2. The molecule has 0 amide bonds. The van der Waals surface area contributed by atoms with Crippen molar-refractivity contribution >= 4 is 17.6 Å². The van der Waals surface area contributed by atoms with Crippen LogP contribution in [0.1, 0.15) is 21.5 Å². The molecule has 0 aliphatic rings. The minimum absolute atomic E-state index is 0.165. The topological polar surface area (TPSA) is 76.0 Å². The Morgan fingerprint density at radius 1 is 1.09 bits per heavy atom. The van der Waals surface area contributed by atoms with Crippen LogP contribution in [0.5, 0.6) is 11.5 Å². The lowest BCUT2D eigenvalue weighted by Gasteiger charge is -2.13. The monoisotopic (exact) mass is 322 g/mol. The number of carbonyl (C=O) groups excluding carboxylic acids is 1. The maximum atomic E-state index is 12.3. The van der Waals surface area contributed by atoms with E-state index in [-0.39, 0.29) is 24.5 Å². The number of ether oxygens (including phenoxy) is 2. The second-order valence-corrected chi connectivity index (χ2v) is 4.92. The zero-order chi connectivity index (χ0) is 16.1. The molecule has 2 aromatic rings. The molecule has 2 aromatic carbocycles. The number of hydrogen-bond acceptors (Lipinski definition) is 5. The zero-order valence-electron chi connectivity index (χ0n) is 11.9. The fourth-order valence-corrected chi connectivity index (χ4v) is 2.08. The normalized spacial score (nSPS) is 10.4. The summed E-state index contributed by atoms with van der Waals surface area (Å²) in [5.74, 6) is -0.0215.